The topological polar surface area (TPSA) is 23.8 Å². The minimum absolute atomic E-state index is 0.0644. The Morgan fingerprint density at radius 2 is 2.22 bits per heavy atom. The fourth-order valence-electron chi connectivity index (χ4n) is 0.974. The molecule has 2 heteroatoms. The molecule has 0 saturated heterocycles. The number of rotatable bonds is 3. The van der Waals surface area contributed by atoms with Crippen molar-refractivity contribution in [1.82, 2.24) is 0 Å². The van der Waals surface area contributed by atoms with Crippen LogP contribution in [0.15, 0.2) is 0 Å². The van der Waals surface area contributed by atoms with Crippen LogP contribution in [0.5, 0.6) is 0 Å². The third-order valence-electron chi connectivity index (χ3n) is 1.88. The molecular weight excluding hydrogens is 134 g/mol. The molecule has 0 unspecified atom stereocenters. The van der Waals surface area contributed by atoms with E-state index in [4.69, 9.17) is 16.9 Å². The predicted octanol–water partition coefficient (Wildman–Crippen LogP) is 2.31. The van der Waals surface area contributed by atoms with Gasteiger partial charge in [0.1, 0.15) is 0 Å². The Labute approximate surface area is 60.6 Å². The summed E-state index contributed by atoms with van der Waals surface area (Å²) in [5.74, 6) is 0.698. The van der Waals surface area contributed by atoms with Gasteiger partial charge in [-0.2, -0.15) is 5.26 Å². The molecule has 0 aromatic heterocycles. The molecule has 1 nitrogen and oxygen atoms in total. The zero-order valence-electron chi connectivity index (χ0n) is 5.36. The molecule has 1 aliphatic carbocycles. The third kappa shape index (κ3) is 1.59. The van der Waals surface area contributed by atoms with E-state index in [0.717, 1.165) is 25.7 Å². The molecule has 0 atom stereocenters. The fourth-order valence-corrected chi connectivity index (χ4v) is 1.11. The lowest BCUT2D eigenvalue weighted by atomic mass is 10.0. The molecule has 0 aromatic rings. The lowest BCUT2D eigenvalue weighted by Gasteiger charge is -1.99. The van der Waals surface area contributed by atoms with Gasteiger partial charge in [-0.3, -0.25) is 0 Å². The number of alkyl halides is 1. The minimum atomic E-state index is 0.0644. The summed E-state index contributed by atoms with van der Waals surface area (Å²) < 4.78 is 0. The Balaban J connectivity index is 2.20. The van der Waals surface area contributed by atoms with Gasteiger partial charge in [0.05, 0.1) is 11.5 Å². The van der Waals surface area contributed by atoms with Gasteiger partial charge in [0.15, 0.2) is 0 Å². The van der Waals surface area contributed by atoms with E-state index in [2.05, 4.69) is 6.07 Å². The first-order valence-electron chi connectivity index (χ1n) is 3.30. The number of hydrogen-bond donors (Lipinski definition) is 0. The summed E-state index contributed by atoms with van der Waals surface area (Å²) in [7, 11) is 0. The normalized spacial score (nSPS) is 20.9. The number of nitriles is 1. The third-order valence-corrected chi connectivity index (χ3v) is 2.15. The number of hydrogen-bond acceptors (Lipinski definition) is 1. The van der Waals surface area contributed by atoms with Crippen molar-refractivity contribution < 1.29 is 0 Å². The maximum atomic E-state index is 8.59. The predicted molar refractivity (Wildman–Crippen MR) is 37.2 cm³/mol. The molecule has 0 aromatic carbocycles. The molecule has 0 aliphatic heterocycles. The highest BCUT2D eigenvalue weighted by Gasteiger charge is 2.41. The van der Waals surface area contributed by atoms with Gasteiger partial charge in [-0.1, -0.05) is 0 Å². The van der Waals surface area contributed by atoms with Gasteiger partial charge >= 0.3 is 0 Å². The molecular formula is C7H10ClN. The van der Waals surface area contributed by atoms with Gasteiger partial charge < -0.3 is 0 Å². The second-order valence-electron chi connectivity index (χ2n) is 2.68. The van der Waals surface area contributed by atoms with Crippen LogP contribution in [-0.4, -0.2) is 5.88 Å². The summed E-state index contributed by atoms with van der Waals surface area (Å²) in [5, 5.41) is 8.59. The molecule has 50 valence electrons. The van der Waals surface area contributed by atoms with Crippen molar-refractivity contribution >= 4 is 11.6 Å². The van der Waals surface area contributed by atoms with Gasteiger partial charge in [-0.05, 0) is 25.7 Å². The standard InChI is InChI=1S/C7H10ClN/c8-5-1-2-7(6-9)3-4-7/h1-5H2. The van der Waals surface area contributed by atoms with E-state index in [-0.39, 0.29) is 5.41 Å². The molecule has 0 radical (unpaired) electrons. The van der Waals surface area contributed by atoms with Crippen molar-refractivity contribution in [3.05, 3.63) is 0 Å². The lowest BCUT2D eigenvalue weighted by Crippen LogP contribution is -1.95. The van der Waals surface area contributed by atoms with Crippen molar-refractivity contribution in [3.63, 3.8) is 0 Å². The molecule has 0 spiro atoms. The van der Waals surface area contributed by atoms with Crippen LogP contribution in [0.1, 0.15) is 25.7 Å². The van der Waals surface area contributed by atoms with Gasteiger partial charge in [-0.25, -0.2) is 0 Å². The average Bonchev–Trinajstić information content (AvgIpc) is 2.65. The smallest absolute Gasteiger partial charge is 0.0689 e. The summed E-state index contributed by atoms with van der Waals surface area (Å²) in [6.07, 6.45) is 4.20. The Morgan fingerprint density at radius 1 is 1.56 bits per heavy atom. The second-order valence-corrected chi connectivity index (χ2v) is 3.06. The summed E-state index contributed by atoms with van der Waals surface area (Å²) in [6, 6.07) is 2.33. The first kappa shape index (κ1) is 6.89. The number of nitrogens with zero attached hydrogens (tertiary/aromatic N) is 1. The molecule has 1 aliphatic rings. The van der Waals surface area contributed by atoms with Gasteiger partial charge in [0.25, 0.3) is 0 Å². The zero-order chi connectivity index (χ0) is 6.74. The Morgan fingerprint density at radius 3 is 2.56 bits per heavy atom. The molecule has 0 N–H and O–H groups in total. The van der Waals surface area contributed by atoms with Gasteiger partial charge in [-0.15, -0.1) is 11.6 Å². The van der Waals surface area contributed by atoms with E-state index < -0.39 is 0 Å². The van der Waals surface area contributed by atoms with Crippen molar-refractivity contribution in [2.45, 2.75) is 25.7 Å². The van der Waals surface area contributed by atoms with Crippen LogP contribution in [-0.2, 0) is 0 Å². The van der Waals surface area contributed by atoms with E-state index in [1.165, 1.54) is 0 Å². The van der Waals surface area contributed by atoms with Crippen LogP contribution in [0.2, 0.25) is 0 Å². The van der Waals surface area contributed by atoms with Crippen molar-refractivity contribution in [2.75, 3.05) is 5.88 Å². The lowest BCUT2D eigenvalue weighted by molar-refractivity contribution is 0.588. The minimum Gasteiger partial charge on any atom is -0.198 e. The average molecular weight is 144 g/mol. The molecule has 1 fully saturated rings. The summed E-state index contributed by atoms with van der Waals surface area (Å²) in [4.78, 5) is 0. The first-order valence-corrected chi connectivity index (χ1v) is 3.84. The highest BCUT2D eigenvalue weighted by molar-refractivity contribution is 6.17. The van der Waals surface area contributed by atoms with E-state index >= 15 is 0 Å². The molecule has 9 heavy (non-hydrogen) atoms. The molecule has 1 saturated carbocycles. The molecule has 0 bridgehead atoms. The molecule has 0 heterocycles. The monoisotopic (exact) mass is 143 g/mol. The summed E-state index contributed by atoms with van der Waals surface area (Å²) >= 11 is 5.48. The maximum absolute atomic E-state index is 8.59. The zero-order valence-corrected chi connectivity index (χ0v) is 6.12. The Kier molecular flexibility index (Phi) is 1.97. The van der Waals surface area contributed by atoms with Crippen LogP contribution in [0.3, 0.4) is 0 Å². The first-order chi connectivity index (χ1) is 4.33. The van der Waals surface area contributed by atoms with E-state index in [9.17, 15) is 0 Å². The van der Waals surface area contributed by atoms with Gasteiger partial charge in [0.2, 0.25) is 0 Å². The van der Waals surface area contributed by atoms with Crippen LogP contribution in [0.25, 0.3) is 0 Å². The van der Waals surface area contributed by atoms with Crippen LogP contribution < -0.4 is 0 Å². The quantitative estimate of drug-likeness (QED) is 0.557. The largest absolute Gasteiger partial charge is 0.198 e. The van der Waals surface area contributed by atoms with Crippen LogP contribution >= 0.6 is 11.6 Å². The molecule has 0 amide bonds. The molecule has 1 rings (SSSR count). The second kappa shape index (κ2) is 2.58. The van der Waals surface area contributed by atoms with Crippen molar-refractivity contribution in [2.24, 2.45) is 5.41 Å². The fraction of sp³-hybridized carbons (Fsp3) is 0.857. The Hall–Kier alpha value is -0.220. The van der Waals surface area contributed by atoms with Gasteiger partial charge in [0, 0.05) is 5.88 Å². The highest BCUT2D eigenvalue weighted by atomic mass is 35.5. The van der Waals surface area contributed by atoms with E-state index in [0.29, 0.717) is 5.88 Å². The van der Waals surface area contributed by atoms with Crippen molar-refractivity contribution in [3.8, 4) is 6.07 Å². The Bertz CT molecular complexity index is 132. The van der Waals surface area contributed by atoms with Crippen LogP contribution in [0.4, 0.5) is 0 Å². The van der Waals surface area contributed by atoms with Crippen molar-refractivity contribution in [1.29, 1.82) is 5.26 Å². The van der Waals surface area contributed by atoms with E-state index in [1.807, 2.05) is 0 Å². The highest BCUT2D eigenvalue weighted by Crippen LogP contribution is 2.48. The van der Waals surface area contributed by atoms with Crippen LogP contribution in [0, 0.1) is 16.7 Å². The number of halogens is 1. The van der Waals surface area contributed by atoms with E-state index in [1.54, 1.807) is 0 Å². The summed E-state index contributed by atoms with van der Waals surface area (Å²) in [5.41, 5.74) is 0.0644. The maximum Gasteiger partial charge on any atom is 0.0689 e. The SMILES string of the molecule is N#CC1(CCCCl)CC1. The summed E-state index contributed by atoms with van der Waals surface area (Å²) in [6.45, 7) is 0.